The quantitative estimate of drug-likeness (QED) is 0.152. The lowest BCUT2D eigenvalue weighted by atomic mass is 9.55. The van der Waals surface area contributed by atoms with Crippen LogP contribution in [0.3, 0.4) is 0 Å². The van der Waals surface area contributed by atoms with Crippen molar-refractivity contribution in [2.75, 3.05) is 16.3 Å². The number of benzene rings is 4. The Morgan fingerprint density at radius 1 is 0.756 bits per heavy atom. The van der Waals surface area contributed by atoms with Crippen molar-refractivity contribution in [2.45, 2.75) is 32.1 Å². The third-order valence-electron chi connectivity index (χ3n) is 10.0. The monoisotopic (exact) mass is 616 g/mol. The first-order valence-corrected chi connectivity index (χ1v) is 15.5. The van der Waals surface area contributed by atoms with Crippen LogP contribution in [0, 0.1) is 31.6 Å². The maximum atomic E-state index is 14.1. The van der Waals surface area contributed by atoms with Crippen molar-refractivity contribution in [2.24, 2.45) is 17.8 Å². The summed E-state index contributed by atoms with van der Waals surface area (Å²) < 4.78 is 5.72. The maximum Gasteiger partial charge on any atom is 0.316 e. The van der Waals surface area contributed by atoms with Crippen molar-refractivity contribution < 1.29 is 23.9 Å². The fraction of sp³-hybridized carbons (Fsp3) is 0.243. The van der Waals surface area contributed by atoms with E-state index in [2.05, 4.69) is 24.3 Å². The summed E-state index contributed by atoms with van der Waals surface area (Å²) in [5, 5.41) is 0.554. The van der Waals surface area contributed by atoms with E-state index in [0.29, 0.717) is 27.7 Å². The number of anilines is 2. The van der Waals surface area contributed by atoms with Crippen molar-refractivity contribution in [3.05, 3.63) is 123 Å². The zero-order chi connectivity index (χ0) is 31.1. The highest BCUT2D eigenvalue weighted by molar-refractivity contribution is 6.31. The van der Waals surface area contributed by atoms with E-state index in [0.717, 1.165) is 27.8 Å². The molecule has 0 aromatic heterocycles. The van der Waals surface area contributed by atoms with Gasteiger partial charge in [-0.1, -0.05) is 66.2 Å². The molecule has 45 heavy (non-hydrogen) atoms. The maximum absolute atomic E-state index is 14.1. The molecular weight excluding hydrogens is 588 g/mol. The average Bonchev–Trinajstić information content (AvgIpc) is 3.56. The lowest BCUT2D eigenvalue weighted by molar-refractivity contribution is -0.139. The molecule has 7 nitrogen and oxygen atoms in total. The van der Waals surface area contributed by atoms with Crippen LogP contribution in [-0.4, -0.2) is 30.2 Å². The number of nitrogens with zero attached hydrogens (tertiary/aromatic N) is 2. The van der Waals surface area contributed by atoms with Gasteiger partial charge in [-0.2, -0.15) is 0 Å². The van der Waals surface area contributed by atoms with Gasteiger partial charge in [0.25, 0.3) is 0 Å². The van der Waals surface area contributed by atoms with Crippen molar-refractivity contribution >= 4 is 46.7 Å². The minimum Gasteiger partial charge on any atom is -0.426 e. The van der Waals surface area contributed by atoms with Gasteiger partial charge in [-0.15, -0.1) is 0 Å². The highest BCUT2D eigenvalue weighted by Gasteiger charge is 2.61. The van der Waals surface area contributed by atoms with Crippen molar-refractivity contribution in [3.8, 4) is 5.75 Å². The number of hydrogen-bond acceptors (Lipinski definition) is 5. The van der Waals surface area contributed by atoms with E-state index in [1.54, 1.807) is 36.1 Å². The summed E-state index contributed by atoms with van der Waals surface area (Å²) in [6.07, 6.45) is 0.0358. The van der Waals surface area contributed by atoms with Crippen LogP contribution in [0.1, 0.15) is 51.6 Å². The molecule has 2 fully saturated rings. The largest absolute Gasteiger partial charge is 0.426 e. The van der Waals surface area contributed by atoms with E-state index in [1.807, 2.05) is 43.3 Å². The highest BCUT2D eigenvalue weighted by atomic mass is 35.5. The molecule has 2 saturated heterocycles. The Morgan fingerprint density at radius 2 is 1.33 bits per heavy atom. The predicted octanol–water partition coefficient (Wildman–Crippen LogP) is 6.31. The highest BCUT2D eigenvalue weighted by Crippen LogP contribution is 2.61. The minimum absolute atomic E-state index is 0.0358. The zero-order valence-corrected chi connectivity index (χ0v) is 25.5. The Morgan fingerprint density at radius 3 is 1.87 bits per heavy atom. The molecule has 5 aliphatic rings. The van der Waals surface area contributed by atoms with Crippen LogP contribution >= 0.6 is 11.6 Å². The van der Waals surface area contributed by atoms with Gasteiger partial charge in [0.1, 0.15) is 5.75 Å². The molecule has 0 saturated carbocycles. The molecule has 9 rings (SSSR count). The van der Waals surface area contributed by atoms with Crippen molar-refractivity contribution in [3.63, 3.8) is 0 Å². The standard InChI is InChI=1S/C37H29ClN2O5/c1-19-11-12-22(17-28(19)38)39-18-21(16-30(39)41)37(44)45-23-13-14-29(20(2)15-23)40-35(42)33-31-24-7-3-4-8-25(24)32(34(33)36(40)43)27-10-6-5-9-26(27)31/h3-15,17,21,31-34H,16,18H2,1-2H3/t21-,31?,32?,33-,34+/m1/s1. The Kier molecular flexibility index (Phi) is 6.26. The minimum atomic E-state index is -0.638. The summed E-state index contributed by atoms with van der Waals surface area (Å²) in [4.78, 5) is 57.1. The molecule has 3 atom stereocenters. The van der Waals surface area contributed by atoms with Gasteiger partial charge < -0.3 is 9.64 Å². The summed E-state index contributed by atoms with van der Waals surface area (Å²) in [5.74, 6) is -2.74. The third-order valence-corrected chi connectivity index (χ3v) is 10.4. The number of hydrogen-bond donors (Lipinski definition) is 0. The Labute approximate surface area is 265 Å². The van der Waals surface area contributed by atoms with Gasteiger partial charge in [0.05, 0.1) is 23.4 Å². The van der Waals surface area contributed by atoms with Crippen LogP contribution in [0.15, 0.2) is 84.9 Å². The number of aryl methyl sites for hydroxylation is 2. The number of esters is 1. The molecule has 3 amide bonds. The number of amides is 3. The van der Waals surface area contributed by atoms with E-state index < -0.39 is 23.7 Å². The van der Waals surface area contributed by atoms with Gasteiger partial charge in [0.2, 0.25) is 17.7 Å². The molecular formula is C37H29ClN2O5. The molecule has 8 heteroatoms. The molecule has 0 unspecified atom stereocenters. The Hall–Kier alpha value is -4.75. The topological polar surface area (TPSA) is 84.0 Å². The van der Waals surface area contributed by atoms with Crippen LogP contribution in [0.25, 0.3) is 0 Å². The second kappa shape index (κ2) is 10.1. The molecule has 2 heterocycles. The van der Waals surface area contributed by atoms with Crippen molar-refractivity contribution in [1.29, 1.82) is 0 Å². The summed E-state index contributed by atoms with van der Waals surface area (Å²) in [6, 6.07) is 26.7. The van der Waals surface area contributed by atoms with Gasteiger partial charge in [-0.05, 0) is 77.6 Å². The van der Waals surface area contributed by atoms with E-state index in [-0.39, 0.29) is 42.5 Å². The summed E-state index contributed by atoms with van der Waals surface area (Å²) in [7, 11) is 0. The van der Waals surface area contributed by atoms with Gasteiger partial charge in [-0.3, -0.25) is 19.2 Å². The Bertz CT molecular complexity index is 1850. The summed E-state index contributed by atoms with van der Waals surface area (Å²) in [5.41, 5.74) is 7.17. The number of rotatable bonds is 4. The van der Waals surface area contributed by atoms with E-state index >= 15 is 0 Å². The first kappa shape index (κ1) is 27.8. The van der Waals surface area contributed by atoms with Crippen LogP contribution in [0.2, 0.25) is 5.02 Å². The van der Waals surface area contributed by atoms with E-state index in [9.17, 15) is 19.2 Å². The number of carbonyl (C=O) groups excluding carboxylic acids is 4. The molecule has 0 radical (unpaired) electrons. The normalized spacial score (nSPS) is 24.5. The summed E-state index contributed by atoms with van der Waals surface area (Å²) in [6.45, 7) is 3.88. The van der Waals surface area contributed by atoms with Gasteiger partial charge in [-0.25, -0.2) is 4.90 Å². The van der Waals surface area contributed by atoms with Crippen molar-refractivity contribution in [1.82, 2.24) is 0 Å². The lowest BCUT2D eigenvalue weighted by Crippen LogP contribution is -2.41. The molecule has 0 spiro atoms. The number of carbonyl (C=O) groups is 4. The van der Waals surface area contributed by atoms with Crippen LogP contribution in [-0.2, 0) is 19.2 Å². The van der Waals surface area contributed by atoms with E-state index in [1.165, 1.54) is 4.90 Å². The van der Waals surface area contributed by atoms with Gasteiger partial charge in [0.15, 0.2) is 0 Å². The first-order chi connectivity index (χ1) is 21.7. The van der Waals surface area contributed by atoms with Gasteiger partial charge in [0, 0.05) is 35.5 Å². The molecule has 4 aromatic rings. The second-order valence-electron chi connectivity index (χ2n) is 12.5. The first-order valence-electron chi connectivity index (χ1n) is 15.2. The van der Waals surface area contributed by atoms with E-state index in [4.69, 9.17) is 16.3 Å². The third kappa shape index (κ3) is 4.10. The zero-order valence-electron chi connectivity index (χ0n) is 24.7. The fourth-order valence-electron chi connectivity index (χ4n) is 7.92. The molecule has 4 aromatic carbocycles. The van der Waals surface area contributed by atoms with Crippen LogP contribution in [0.5, 0.6) is 5.75 Å². The Balaban J connectivity index is 1.04. The molecule has 224 valence electrons. The molecule has 2 bridgehead atoms. The number of imide groups is 1. The van der Waals surface area contributed by atoms with Crippen LogP contribution < -0.4 is 14.5 Å². The SMILES string of the molecule is Cc1ccc(N2C[C@H](C(=O)Oc3ccc(N4C(=O)[C@@H]5C6c7ccccc7C(c7ccccc76)[C@@H]5C4=O)c(C)c3)CC2=O)cc1Cl. The molecule has 3 aliphatic carbocycles. The molecule has 0 N–H and O–H groups in total. The fourth-order valence-corrected chi connectivity index (χ4v) is 8.10. The number of ether oxygens (including phenoxy) is 1. The smallest absolute Gasteiger partial charge is 0.316 e. The predicted molar refractivity (Wildman–Crippen MR) is 170 cm³/mol. The molecule has 2 aliphatic heterocycles. The second-order valence-corrected chi connectivity index (χ2v) is 12.9. The lowest BCUT2D eigenvalue weighted by Gasteiger charge is -2.45. The number of halogens is 1. The van der Waals surface area contributed by atoms with Crippen LogP contribution in [0.4, 0.5) is 11.4 Å². The van der Waals surface area contributed by atoms with Gasteiger partial charge >= 0.3 is 5.97 Å². The average molecular weight is 617 g/mol. The summed E-state index contributed by atoms with van der Waals surface area (Å²) >= 11 is 6.26.